The number of carbonyl (C=O) groups is 3. The molecule has 5 heteroatoms. The molecule has 0 aromatic heterocycles. The number of unbranched alkanes of at least 4 members (excludes halogenated alkanes) is 1. The third kappa shape index (κ3) is 5.99. The van der Waals surface area contributed by atoms with E-state index in [0.717, 1.165) is 38.0 Å². The lowest BCUT2D eigenvalue weighted by atomic mass is 9.83. The molecule has 0 aromatic carbocycles. The van der Waals surface area contributed by atoms with Crippen molar-refractivity contribution in [3.63, 3.8) is 0 Å². The van der Waals surface area contributed by atoms with Gasteiger partial charge in [-0.1, -0.05) is 6.58 Å². The summed E-state index contributed by atoms with van der Waals surface area (Å²) in [6.07, 6.45) is 6.45. The molecular formula is C15H22O5. The summed E-state index contributed by atoms with van der Waals surface area (Å²) in [4.78, 5) is 33.2. The van der Waals surface area contributed by atoms with Gasteiger partial charge in [0.1, 0.15) is 6.29 Å². The molecule has 1 saturated carbocycles. The minimum atomic E-state index is -0.436. The average Bonchev–Trinajstić information content (AvgIpc) is 2.50. The Morgan fingerprint density at radius 1 is 1.05 bits per heavy atom. The fraction of sp³-hybridized carbons (Fsp3) is 0.667. The normalized spacial score (nSPS) is 21.8. The Hall–Kier alpha value is -1.65. The number of hydrogen-bond donors (Lipinski definition) is 0. The maximum atomic E-state index is 11.8. The third-order valence-corrected chi connectivity index (χ3v) is 3.49. The van der Waals surface area contributed by atoms with Crippen LogP contribution >= 0.6 is 0 Å². The van der Waals surface area contributed by atoms with Gasteiger partial charge in [0.05, 0.1) is 19.1 Å². The lowest BCUT2D eigenvalue weighted by Crippen LogP contribution is -2.24. The second-order valence-electron chi connectivity index (χ2n) is 4.99. The molecule has 112 valence electrons. The summed E-state index contributed by atoms with van der Waals surface area (Å²) in [7, 11) is 0. The Balaban J connectivity index is 2.04. The van der Waals surface area contributed by atoms with Gasteiger partial charge in [-0.2, -0.15) is 0 Å². The summed E-state index contributed by atoms with van der Waals surface area (Å²) in [6, 6.07) is 0. The first-order chi connectivity index (χ1) is 9.67. The van der Waals surface area contributed by atoms with E-state index in [1.165, 1.54) is 0 Å². The molecule has 1 aliphatic carbocycles. The van der Waals surface area contributed by atoms with Crippen molar-refractivity contribution in [2.24, 2.45) is 11.8 Å². The summed E-state index contributed by atoms with van der Waals surface area (Å²) in [5, 5.41) is 0. The Kier molecular flexibility index (Phi) is 7.62. The van der Waals surface area contributed by atoms with Crippen LogP contribution in [-0.2, 0) is 23.9 Å². The molecule has 0 N–H and O–H groups in total. The molecule has 0 unspecified atom stereocenters. The predicted molar refractivity (Wildman–Crippen MR) is 72.9 cm³/mol. The zero-order valence-corrected chi connectivity index (χ0v) is 11.7. The minimum Gasteiger partial charge on any atom is -0.465 e. The van der Waals surface area contributed by atoms with Crippen molar-refractivity contribution in [2.75, 3.05) is 13.2 Å². The summed E-state index contributed by atoms with van der Waals surface area (Å²) in [6.45, 7) is 3.95. The van der Waals surface area contributed by atoms with Crippen LogP contribution in [0.5, 0.6) is 0 Å². The Labute approximate surface area is 119 Å². The second kappa shape index (κ2) is 9.28. The molecule has 0 saturated heterocycles. The topological polar surface area (TPSA) is 69.7 Å². The molecule has 0 atom stereocenters. The number of carbonyl (C=O) groups excluding carboxylic acids is 3. The SMILES string of the molecule is C=CC(=O)OCCCCOC(=O)C1CCC(C=O)CC1. The van der Waals surface area contributed by atoms with Crippen molar-refractivity contribution < 1.29 is 23.9 Å². The first kappa shape index (κ1) is 16.4. The van der Waals surface area contributed by atoms with E-state index < -0.39 is 5.97 Å². The Bertz CT molecular complexity index is 342. The summed E-state index contributed by atoms with van der Waals surface area (Å²) >= 11 is 0. The Morgan fingerprint density at radius 2 is 1.65 bits per heavy atom. The minimum absolute atomic E-state index is 0.0650. The largest absolute Gasteiger partial charge is 0.465 e. The van der Waals surface area contributed by atoms with Crippen LogP contribution in [0, 0.1) is 11.8 Å². The van der Waals surface area contributed by atoms with Crippen LogP contribution in [0.2, 0.25) is 0 Å². The first-order valence-corrected chi connectivity index (χ1v) is 7.08. The molecule has 0 spiro atoms. The van der Waals surface area contributed by atoms with Crippen molar-refractivity contribution in [1.29, 1.82) is 0 Å². The van der Waals surface area contributed by atoms with Gasteiger partial charge in [-0.3, -0.25) is 4.79 Å². The zero-order chi connectivity index (χ0) is 14.8. The van der Waals surface area contributed by atoms with Crippen LogP contribution in [0.15, 0.2) is 12.7 Å². The number of rotatable bonds is 8. The van der Waals surface area contributed by atoms with Crippen LogP contribution in [0.4, 0.5) is 0 Å². The molecule has 0 amide bonds. The summed E-state index contributed by atoms with van der Waals surface area (Å²) in [5.41, 5.74) is 0. The molecule has 20 heavy (non-hydrogen) atoms. The van der Waals surface area contributed by atoms with E-state index in [2.05, 4.69) is 6.58 Å². The van der Waals surface area contributed by atoms with Gasteiger partial charge in [0.2, 0.25) is 0 Å². The third-order valence-electron chi connectivity index (χ3n) is 3.49. The van der Waals surface area contributed by atoms with Gasteiger partial charge in [-0.15, -0.1) is 0 Å². The van der Waals surface area contributed by atoms with Crippen LogP contribution in [-0.4, -0.2) is 31.4 Å². The molecular weight excluding hydrogens is 260 g/mol. The second-order valence-corrected chi connectivity index (χ2v) is 4.99. The van der Waals surface area contributed by atoms with Gasteiger partial charge in [-0.05, 0) is 38.5 Å². The Morgan fingerprint density at radius 3 is 2.20 bits per heavy atom. The van der Waals surface area contributed by atoms with E-state index in [4.69, 9.17) is 9.47 Å². The maximum Gasteiger partial charge on any atom is 0.330 e. The number of aldehydes is 1. The highest BCUT2D eigenvalue weighted by Crippen LogP contribution is 2.28. The van der Waals surface area contributed by atoms with Crippen LogP contribution in [0.3, 0.4) is 0 Å². The fourth-order valence-electron chi connectivity index (χ4n) is 2.22. The van der Waals surface area contributed by atoms with Gasteiger partial charge in [-0.25, -0.2) is 4.79 Å². The highest BCUT2D eigenvalue weighted by molar-refractivity contribution is 5.81. The molecule has 0 bridgehead atoms. The van der Waals surface area contributed by atoms with Crippen molar-refractivity contribution in [3.8, 4) is 0 Å². The summed E-state index contributed by atoms with van der Waals surface area (Å²) in [5.74, 6) is -0.560. The van der Waals surface area contributed by atoms with E-state index in [-0.39, 0.29) is 17.8 Å². The van der Waals surface area contributed by atoms with Crippen LogP contribution in [0.1, 0.15) is 38.5 Å². The van der Waals surface area contributed by atoms with E-state index in [0.29, 0.717) is 26.1 Å². The smallest absolute Gasteiger partial charge is 0.330 e. The van der Waals surface area contributed by atoms with Gasteiger partial charge in [0.25, 0.3) is 0 Å². The highest BCUT2D eigenvalue weighted by atomic mass is 16.5. The standard InChI is InChI=1S/C15H22O5/c1-2-14(17)19-9-3-4-10-20-15(18)13-7-5-12(11-16)6-8-13/h2,11-13H,1,3-10H2. The van der Waals surface area contributed by atoms with E-state index in [9.17, 15) is 14.4 Å². The molecule has 0 radical (unpaired) electrons. The molecule has 0 aliphatic heterocycles. The molecule has 1 fully saturated rings. The average molecular weight is 282 g/mol. The molecule has 5 nitrogen and oxygen atoms in total. The predicted octanol–water partition coefficient (Wildman–Crippen LogP) is 2.04. The van der Waals surface area contributed by atoms with Crippen molar-refractivity contribution in [2.45, 2.75) is 38.5 Å². The van der Waals surface area contributed by atoms with E-state index >= 15 is 0 Å². The number of esters is 2. The maximum absolute atomic E-state index is 11.8. The van der Waals surface area contributed by atoms with Gasteiger partial charge >= 0.3 is 11.9 Å². The highest BCUT2D eigenvalue weighted by Gasteiger charge is 2.26. The van der Waals surface area contributed by atoms with Gasteiger partial charge in [0.15, 0.2) is 0 Å². The zero-order valence-electron chi connectivity index (χ0n) is 11.7. The van der Waals surface area contributed by atoms with Gasteiger partial charge in [0, 0.05) is 12.0 Å². The van der Waals surface area contributed by atoms with Gasteiger partial charge < -0.3 is 14.3 Å². The number of hydrogen-bond acceptors (Lipinski definition) is 5. The molecule has 0 heterocycles. The lowest BCUT2D eigenvalue weighted by molar-refractivity contribution is -0.150. The lowest BCUT2D eigenvalue weighted by Gasteiger charge is -2.23. The van der Waals surface area contributed by atoms with Crippen LogP contribution < -0.4 is 0 Å². The fourth-order valence-corrected chi connectivity index (χ4v) is 2.22. The summed E-state index contributed by atoms with van der Waals surface area (Å²) < 4.78 is 10.0. The quantitative estimate of drug-likeness (QED) is 0.295. The molecule has 1 aliphatic rings. The van der Waals surface area contributed by atoms with Crippen molar-refractivity contribution >= 4 is 18.2 Å². The first-order valence-electron chi connectivity index (χ1n) is 7.08. The van der Waals surface area contributed by atoms with Crippen molar-refractivity contribution in [3.05, 3.63) is 12.7 Å². The van der Waals surface area contributed by atoms with Crippen molar-refractivity contribution in [1.82, 2.24) is 0 Å². The monoisotopic (exact) mass is 282 g/mol. The number of ether oxygens (including phenoxy) is 2. The molecule has 1 rings (SSSR count). The van der Waals surface area contributed by atoms with E-state index in [1.54, 1.807) is 0 Å². The van der Waals surface area contributed by atoms with Crippen LogP contribution in [0.25, 0.3) is 0 Å². The van der Waals surface area contributed by atoms with E-state index in [1.807, 2.05) is 0 Å². The molecule has 0 aromatic rings.